The number of nitrogens with one attached hydrogen (secondary N) is 1. The van der Waals surface area contributed by atoms with E-state index in [1.54, 1.807) is 0 Å². The lowest BCUT2D eigenvalue weighted by molar-refractivity contribution is 0.427. The summed E-state index contributed by atoms with van der Waals surface area (Å²) in [5.74, 6) is 0.805. The molecular weight excluding hydrogens is 340 g/mol. The zero-order valence-corrected chi connectivity index (χ0v) is 15.2. The maximum Gasteiger partial charge on any atom is 0.190 e. The van der Waals surface area contributed by atoms with E-state index in [0.29, 0.717) is 6.04 Å². The summed E-state index contributed by atoms with van der Waals surface area (Å²) in [5, 5.41) is 7.66. The highest BCUT2D eigenvalue weighted by molar-refractivity contribution is 9.10. The van der Waals surface area contributed by atoms with E-state index in [4.69, 9.17) is 4.52 Å². The molecule has 22 heavy (non-hydrogen) atoms. The minimum atomic E-state index is 0.364. The van der Waals surface area contributed by atoms with E-state index < -0.39 is 0 Å². The SMILES string of the molecule is CC(C)=CCCC(C)Nc1c(C)noc1-c1ccc(Br)cc1. The molecule has 3 nitrogen and oxygen atoms in total. The van der Waals surface area contributed by atoms with Gasteiger partial charge in [0.2, 0.25) is 0 Å². The maximum absolute atomic E-state index is 5.53. The number of nitrogens with zero attached hydrogens (tertiary/aromatic N) is 1. The summed E-state index contributed by atoms with van der Waals surface area (Å²) < 4.78 is 6.58. The molecule has 0 radical (unpaired) electrons. The van der Waals surface area contributed by atoms with Crippen molar-refractivity contribution < 1.29 is 4.52 Å². The largest absolute Gasteiger partial charge is 0.378 e. The second-order valence-corrected chi connectivity index (χ2v) is 6.80. The molecule has 1 unspecified atom stereocenters. The van der Waals surface area contributed by atoms with Crippen LogP contribution in [0.5, 0.6) is 0 Å². The van der Waals surface area contributed by atoms with E-state index in [2.05, 4.69) is 53.3 Å². The molecule has 1 aromatic carbocycles. The van der Waals surface area contributed by atoms with Gasteiger partial charge in [-0.1, -0.05) is 32.7 Å². The van der Waals surface area contributed by atoms with E-state index in [1.807, 2.05) is 31.2 Å². The molecule has 1 atom stereocenters. The van der Waals surface area contributed by atoms with Crippen LogP contribution in [0.1, 0.15) is 39.3 Å². The number of benzene rings is 1. The number of aromatic nitrogens is 1. The van der Waals surface area contributed by atoms with Crippen molar-refractivity contribution >= 4 is 21.6 Å². The van der Waals surface area contributed by atoms with E-state index in [1.165, 1.54) is 5.57 Å². The average Bonchev–Trinajstić information content (AvgIpc) is 2.81. The highest BCUT2D eigenvalue weighted by atomic mass is 79.9. The first-order chi connectivity index (χ1) is 10.5. The van der Waals surface area contributed by atoms with Gasteiger partial charge in [0.05, 0.1) is 0 Å². The Labute approximate surface area is 140 Å². The maximum atomic E-state index is 5.53. The third-order valence-corrected chi connectivity index (χ3v) is 4.04. The number of aryl methyl sites for hydroxylation is 1. The van der Waals surface area contributed by atoms with Crippen molar-refractivity contribution in [1.29, 1.82) is 0 Å². The third-order valence-electron chi connectivity index (χ3n) is 3.51. The first-order valence-electron chi connectivity index (χ1n) is 7.59. The molecule has 0 aliphatic carbocycles. The molecular formula is C18H23BrN2O. The van der Waals surface area contributed by atoms with Crippen LogP contribution in [0, 0.1) is 6.92 Å². The van der Waals surface area contributed by atoms with Gasteiger partial charge >= 0.3 is 0 Å². The van der Waals surface area contributed by atoms with Gasteiger partial charge in [0, 0.05) is 16.1 Å². The van der Waals surface area contributed by atoms with Crippen molar-refractivity contribution in [3.8, 4) is 11.3 Å². The van der Waals surface area contributed by atoms with Crippen molar-refractivity contribution in [3.05, 3.63) is 46.1 Å². The number of hydrogen-bond acceptors (Lipinski definition) is 3. The van der Waals surface area contributed by atoms with Gasteiger partial charge in [-0.25, -0.2) is 0 Å². The Hall–Kier alpha value is -1.55. The zero-order chi connectivity index (χ0) is 16.1. The number of allylic oxidation sites excluding steroid dienone is 2. The van der Waals surface area contributed by atoms with Crippen molar-refractivity contribution in [2.24, 2.45) is 0 Å². The topological polar surface area (TPSA) is 38.1 Å². The molecule has 4 heteroatoms. The van der Waals surface area contributed by atoms with Gasteiger partial charge in [0.25, 0.3) is 0 Å². The lowest BCUT2D eigenvalue weighted by Gasteiger charge is -2.14. The first kappa shape index (κ1) is 16.8. The normalized spacial score (nSPS) is 12.0. The molecule has 0 bridgehead atoms. The van der Waals surface area contributed by atoms with Crippen LogP contribution in [0.3, 0.4) is 0 Å². The Morgan fingerprint density at radius 2 is 2.00 bits per heavy atom. The molecule has 0 amide bonds. The van der Waals surface area contributed by atoms with Gasteiger partial charge in [-0.15, -0.1) is 0 Å². The van der Waals surface area contributed by atoms with Crippen LogP contribution in [0.4, 0.5) is 5.69 Å². The molecule has 1 aromatic heterocycles. The fraction of sp³-hybridized carbons (Fsp3) is 0.389. The first-order valence-corrected chi connectivity index (χ1v) is 8.38. The molecule has 0 saturated heterocycles. The highest BCUT2D eigenvalue weighted by Crippen LogP contribution is 2.32. The molecule has 118 valence electrons. The number of rotatable bonds is 6. The minimum Gasteiger partial charge on any atom is -0.378 e. The molecule has 0 saturated carbocycles. The third kappa shape index (κ3) is 4.47. The fourth-order valence-corrected chi connectivity index (χ4v) is 2.54. The minimum absolute atomic E-state index is 0.364. The lowest BCUT2D eigenvalue weighted by atomic mass is 10.1. The van der Waals surface area contributed by atoms with Crippen LogP contribution in [-0.2, 0) is 0 Å². The molecule has 0 fully saturated rings. The van der Waals surface area contributed by atoms with Crippen LogP contribution in [-0.4, -0.2) is 11.2 Å². The Bertz CT molecular complexity index is 640. The predicted octanol–water partition coefficient (Wildman–Crippen LogP) is 5.96. The van der Waals surface area contributed by atoms with Crippen molar-refractivity contribution in [2.45, 2.75) is 46.6 Å². The van der Waals surface area contributed by atoms with E-state index in [0.717, 1.165) is 40.0 Å². The summed E-state index contributed by atoms with van der Waals surface area (Å²) >= 11 is 3.45. The zero-order valence-electron chi connectivity index (χ0n) is 13.6. The van der Waals surface area contributed by atoms with Gasteiger partial charge in [-0.2, -0.15) is 0 Å². The Morgan fingerprint density at radius 1 is 1.32 bits per heavy atom. The molecule has 0 spiro atoms. The number of halogens is 1. The molecule has 1 N–H and O–H groups in total. The van der Waals surface area contributed by atoms with E-state index in [9.17, 15) is 0 Å². The predicted molar refractivity (Wildman–Crippen MR) is 96.1 cm³/mol. The second kappa shape index (κ2) is 7.63. The van der Waals surface area contributed by atoms with Gasteiger partial charge in [0.15, 0.2) is 5.76 Å². The van der Waals surface area contributed by atoms with Gasteiger partial charge in [0.1, 0.15) is 11.4 Å². The van der Waals surface area contributed by atoms with E-state index >= 15 is 0 Å². The summed E-state index contributed by atoms with van der Waals surface area (Å²) in [5.41, 5.74) is 4.28. The summed E-state index contributed by atoms with van der Waals surface area (Å²) in [6, 6.07) is 8.44. The smallest absolute Gasteiger partial charge is 0.190 e. The van der Waals surface area contributed by atoms with Crippen LogP contribution in [0.25, 0.3) is 11.3 Å². The Balaban J connectivity index is 2.12. The molecule has 0 aliphatic rings. The second-order valence-electron chi connectivity index (χ2n) is 5.88. The standard InChI is InChI=1S/C18H23BrN2O/c1-12(2)6-5-7-13(3)20-17-14(4)21-22-18(17)15-8-10-16(19)11-9-15/h6,8-11,13,20H,5,7H2,1-4H3. The van der Waals surface area contributed by atoms with Gasteiger partial charge in [-0.05, 0) is 64.8 Å². The van der Waals surface area contributed by atoms with Crippen LogP contribution in [0.15, 0.2) is 44.9 Å². The highest BCUT2D eigenvalue weighted by Gasteiger charge is 2.16. The van der Waals surface area contributed by atoms with Crippen molar-refractivity contribution in [3.63, 3.8) is 0 Å². The van der Waals surface area contributed by atoms with Gasteiger partial charge < -0.3 is 9.84 Å². The van der Waals surface area contributed by atoms with Crippen LogP contribution >= 0.6 is 15.9 Å². The van der Waals surface area contributed by atoms with Gasteiger partial charge in [-0.3, -0.25) is 0 Å². The quantitative estimate of drug-likeness (QED) is 0.644. The summed E-state index contributed by atoms with van der Waals surface area (Å²) in [6.45, 7) is 8.43. The van der Waals surface area contributed by atoms with Crippen LogP contribution < -0.4 is 5.32 Å². The molecule has 1 heterocycles. The number of anilines is 1. The molecule has 0 aliphatic heterocycles. The summed E-state index contributed by atoms with van der Waals surface area (Å²) in [4.78, 5) is 0. The lowest BCUT2D eigenvalue weighted by Crippen LogP contribution is -2.15. The average molecular weight is 363 g/mol. The Kier molecular flexibility index (Phi) is 5.83. The number of hydrogen-bond donors (Lipinski definition) is 1. The Morgan fingerprint density at radius 3 is 2.64 bits per heavy atom. The van der Waals surface area contributed by atoms with Crippen molar-refractivity contribution in [1.82, 2.24) is 5.16 Å². The van der Waals surface area contributed by atoms with Crippen LogP contribution in [0.2, 0.25) is 0 Å². The van der Waals surface area contributed by atoms with Crippen molar-refractivity contribution in [2.75, 3.05) is 5.32 Å². The summed E-state index contributed by atoms with van der Waals surface area (Å²) in [7, 11) is 0. The molecule has 2 aromatic rings. The fourth-order valence-electron chi connectivity index (χ4n) is 2.28. The monoisotopic (exact) mass is 362 g/mol. The summed E-state index contributed by atoms with van der Waals surface area (Å²) in [6.07, 6.45) is 4.43. The van der Waals surface area contributed by atoms with E-state index in [-0.39, 0.29) is 0 Å². The molecule has 2 rings (SSSR count).